The number of thiol groups is 1. The van der Waals surface area contributed by atoms with E-state index in [-0.39, 0.29) is 0 Å². The van der Waals surface area contributed by atoms with Gasteiger partial charge in [0.2, 0.25) is 0 Å². The van der Waals surface area contributed by atoms with Gasteiger partial charge < -0.3 is 4.90 Å². The summed E-state index contributed by atoms with van der Waals surface area (Å²) in [6.45, 7) is 8.58. The van der Waals surface area contributed by atoms with Crippen molar-refractivity contribution in [2.75, 3.05) is 31.1 Å². The first-order valence-electron chi connectivity index (χ1n) is 5.61. The lowest BCUT2D eigenvalue weighted by molar-refractivity contribution is 0.280. The normalized spacial score (nSPS) is 23.4. The van der Waals surface area contributed by atoms with Crippen molar-refractivity contribution in [2.24, 2.45) is 0 Å². The minimum absolute atomic E-state index is 0.498. The van der Waals surface area contributed by atoms with Crippen LogP contribution in [0.25, 0.3) is 0 Å². The summed E-state index contributed by atoms with van der Waals surface area (Å²) in [5.41, 5.74) is 0. The smallest absolute Gasteiger partial charge is 0.0116 e. The minimum atomic E-state index is 0.498. The number of thioether (sulfide) groups is 1. The number of unbranched alkanes of at least 4 members (excludes halogenated alkanes) is 1. The van der Waals surface area contributed by atoms with Crippen LogP contribution in [0.5, 0.6) is 0 Å². The first-order chi connectivity index (χ1) is 6.64. The summed E-state index contributed by atoms with van der Waals surface area (Å²) in [4.78, 5) is 2.62. The lowest BCUT2D eigenvalue weighted by Crippen LogP contribution is -2.28. The fourth-order valence-electron chi connectivity index (χ4n) is 1.73. The number of rotatable bonds is 4. The van der Waals surface area contributed by atoms with Gasteiger partial charge in [0, 0.05) is 17.0 Å². The van der Waals surface area contributed by atoms with Gasteiger partial charge in [-0.3, -0.25) is 0 Å². The van der Waals surface area contributed by atoms with Gasteiger partial charge in [0.1, 0.15) is 0 Å². The molecule has 3 heteroatoms. The van der Waals surface area contributed by atoms with E-state index in [9.17, 15) is 0 Å². The maximum atomic E-state index is 4.24. The minimum Gasteiger partial charge on any atom is -0.302 e. The first-order valence-corrected chi connectivity index (χ1v) is 7.23. The molecule has 0 aliphatic carbocycles. The van der Waals surface area contributed by atoms with Crippen molar-refractivity contribution in [2.45, 2.75) is 37.9 Å². The highest BCUT2D eigenvalue weighted by Crippen LogP contribution is 2.30. The lowest BCUT2D eigenvalue weighted by Gasteiger charge is -2.22. The summed E-state index contributed by atoms with van der Waals surface area (Å²) in [7, 11) is 0. The second-order valence-corrected chi connectivity index (χ2v) is 6.88. The molecule has 0 N–H and O–H groups in total. The molecule has 1 aliphatic heterocycles. The topological polar surface area (TPSA) is 3.24 Å². The van der Waals surface area contributed by atoms with Crippen LogP contribution in [-0.2, 0) is 0 Å². The summed E-state index contributed by atoms with van der Waals surface area (Å²) in [6, 6.07) is 0. The lowest BCUT2D eigenvalue weighted by atomic mass is 10.1. The van der Waals surface area contributed by atoms with Crippen LogP contribution in [0.2, 0.25) is 0 Å². The van der Waals surface area contributed by atoms with E-state index in [1.54, 1.807) is 0 Å². The second-order valence-electron chi connectivity index (χ2n) is 4.63. The van der Waals surface area contributed by atoms with Crippen LogP contribution in [-0.4, -0.2) is 40.8 Å². The van der Waals surface area contributed by atoms with Gasteiger partial charge >= 0.3 is 0 Å². The molecule has 1 saturated heterocycles. The van der Waals surface area contributed by atoms with Gasteiger partial charge in [0.15, 0.2) is 0 Å². The van der Waals surface area contributed by atoms with Crippen molar-refractivity contribution in [3.8, 4) is 0 Å². The maximum absolute atomic E-state index is 4.24. The molecule has 1 nitrogen and oxygen atoms in total. The molecule has 0 bridgehead atoms. The quantitative estimate of drug-likeness (QED) is 0.587. The molecule has 1 fully saturated rings. The molecule has 14 heavy (non-hydrogen) atoms. The molecule has 0 aromatic heterocycles. The molecule has 84 valence electrons. The Bertz CT molecular complexity index is 159. The monoisotopic (exact) mass is 233 g/mol. The van der Waals surface area contributed by atoms with E-state index in [4.69, 9.17) is 0 Å². The van der Waals surface area contributed by atoms with Crippen LogP contribution in [0.1, 0.15) is 33.1 Å². The summed E-state index contributed by atoms with van der Waals surface area (Å²) in [5, 5.41) is 0. The first kappa shape index (κ1) is 12.7. The third-order valence-electron chi connectivity index (χ3n) is 2.81. The van der Waals surface area contributed by atoms with Crippen molar-refractivity contribution < 1.29 is 0 Å². The fourth-order valence-corrected chi connectivity index (χ4v) is 3.09. The molecule has 0 atom stereocenters. The van der Waals surface area contributed by atoms with E-state index in [1.165, 1.54) is 44.6 Å². The number of hydrogen-bond donors (Lipinski definition) is 1. The van der Waals surface area contributed by atoms with E-state index in [2.05, 4.69) is 43.1 Å². The molecule has 1 rings (SSSR count). The highest BCUT2D eigenvalue weighted by molar-refractivity contribution is 8.00. The zero-order chi connectivity index (χ0) is 10.4. The zero-order valence-electron chi connectivity index (χ0n) is 9.46. The largest absolute Gasteiger partial charge is 0.302 e. The van der Waals surface area contributed by atoms with E-state index in [0.717, 1.165) is 5.75 Å². The highest BCUT2D eigenvalue weighted by atomic mass is 32.2. The Kier molecular flexibility index (Phi) is 5.72. The van der Waals surface area contributed by atoms with Crippen LogP contribution in [0.15, 0.2) is 0 Å². The molecule has 1 aliphatic rings. The molecule has 0 unspecified atom stereocenters. The molecule has 0 radical (unpaired) electrons. The van der Waals surface area contributed by atoms with Crippen molar-refractivity contribution >= 4 is 24.4 Å². The Morgan fingerprint density at radius 1 is 1.29 bits per heavy atom. The Hall–Kier alpha value is 0.660. The fraction of sp³-hybridized carbons (Fsp3) is 1.00. The van der Waals surface area contributed by atoms with Crippen molar-refractivity contribution in [1.82, 2.24) is 4.90 Å². The molecule has 0 spiro atoms. The van der Waals surface area contributed by atoms with Gasteiger partial charge in [0.25, 0.3) is 0 Å². The maximum Gasteiger partial charge on any atom is 0.0116 e. The average molecular weight is 233 g/mol. The molecular formula is C11H23NS2. The molecule has 0 saturated carbocycles. The molecule has 0 aromatic carbocycles. The Labute approximate surface area is 98.4 Å². The van der Waals surface area contributed by atoms with Crippen molar-refractivity contribution in [3.63, 3.8) is 0 Å². The average Bonchev–Trinajstić information content (AvgIpc) is 2.28. The van der Waals surface area contributed by atoms with Crippen LogP contribution in [0, 0.1) is 0 Å². The van der Waals surface area contributed by atoms with E-state index in [0.29, 0.717) is 4.75 Å². The van der Waals surface area contributed by atoms with E-state index >= 15 is 0 Å². The van der Waals surface area contributed by atoms with Gasteiger partial charge in [-0.2, -0.15) is 24.4 Å². The van der Waals surface area contributed by atoms with Crippen molar-refractivity contribution in [1.29, 1.82) is 0 Å². The standard InChI is InChI=1S/C11H23NS2/c1-11(2)5-7-12(8-10-14-11)6-3-4-9-13/h13H,3-10H2,1-2H3. The molecule has 0 amide bonds. The Morgan fingerprint density at radius 2 is 2.07 bits per heavy atom. The highest BCUT2D eigenvalue weighted by Gasteiger charge is 2.22. The molecule has 0 aromatic rings. The third-order valence-corrected chi connectivity index (χ3v) is 4.50. The summed E-state index contributed by atoms with van der Waals surface area (Å²) in [6.07, 6.45) is 3.91. The van der Waals surface area contributed by atoms with Crippen LogP contribution >= 0.6 is 24.4 Å². The zero-order valence-corrected chi connectivity index (χ0v) is 11.2. The molecular weight excluding hydrogens is 210 g/mol. The second kappa shape index (κ2) is 6.29. The van der Waals surface area contributed by atoms with Gasteiger partial charge in [-0.15, -0.1) is 0 Å². The summed E-state index contributed by atoms with van der Waals surface area (Å²) in [5.74, 6) is 2.34. The summed E-state index contributed by atoms with van der Waals surface area (Å²) >= 11 is 6.37. The number of nitrogens with zero attached hydrogens (tertiary/aromatic N) is 1. The van der Waals surface area contributed by atoms with Crippen molar-refractivity contribution in [3.05, 3.63) is 0 Å². The molecule has 1 heterocycles. The van der Waals surface area contributed by atoms with Gasteiger partial charge in [-0.1, -0.05) is 13.8 Å². The van der Waals surface area contributed by atoms with Crippen LogP contribution in [0.3, 0.4) is 0 Å². The predicted molar refractivity (Wildman–Crippen MR) is 70.7 cm³/mol. The third kappa shape index (κ3) is 4.94. The van der Waals surface area contributed by atoms with Gasteiger partial charge in [-0.25, -0.2) is 0 Å². The predicted octanol–water partition coefficient (Wildman–Crippen LogP) is 2.91. The Morgan fingerprint density at radius 3 is 2.79 bits per heavy atom. The Balaban J connectivity index is 2.21. The SMILES string of the molecule is CC1(C)CCN(CCCCS)CCS1. The van der Waals surface area contributed by atoms with Gasteiger partial charge in [0.05, 0.1) is 0 Å². The van der Waals surface area contributed by atoms with Gasteiger partial charge in [-0.05, 0) is 38.1 Å². The van der Waals surface area contributed by atoms with Crippen LogP contribution in [0.4, 0.5) is 0 Å². The van der Waals surface area contributed by atoms with E-state index < -0.39 is 0 Å². The summed E-state index contributed by atoms with van der Waals surface area (Å²) < 4.78 is 0.498. The van der Waals surface area contributed by atoms with E-state index in [1.807, 2.05) is 0 Å². The number of hydrogen-bond acceptors (Lipinski definition) is 3. The van der Waals surface area contributed by atoms with Crippen LogP contribution < -0.4 is 0 Å².